The number of ether oxygens (including phenoxy) is 7. The number of allylic oxidation sites excluding steroid dienone is 1. The van der Waals surface area contributed by atoms with Gasteiger partial charge in [0.25, 0.3) is 0 Å². The Hall–Kier alpha value is -6.77. The number of carbonyl (C=O) groups excluding carboxylic acids is 1. The van der Waals surface area contributed by atoms with E-state index in [-0.39, 0.29) is 40.4 Å². The maximum atomic E-state index is 13.1. The van der Waals surface area contributed by atoms with E-state index in [0.29, 0.717) is 85.8 Å². The second-order valence-corrected chi connectivity index (χ2v) is 41.3. The molecule has 0 aromatic heterocycles. The Bertz CT molecular complexity index is 4670. The van der Waals surface area contributed by atoms with Gasteiger partial charge in [-0.05, 0) is 175 Å². The molecule has 1 spiro atoms. The molecule has 0 radical (unpaired) electrons. The molecule has 5 aromatic carbocycles. The van der Waals surface area contributed by atoms with E-state index in [1.165, 1.54) is 105 Å². The smallest absolute Gasteiger partial charge is 0.343 e. The van der Waals surface area contributed by atoms with E-state index in [0.717, 1.165) is 126 Å². The summed E-state index contributed by atoms with van der Waals surface area (Å²) in [5.41, 5.74) is 8.44. The van der Waals surface area contributed by atoms with Crippen molar-refractivity contribution in [3.63, 3.8) is 0 Å². The normalized spacial score (nSPS) is 38.2. The Balaban J connectivity index is 0.000000114. The minimum Gasteiger partial charge on any atom is -0.508 e. The van der Waals surface area contributed by atoms with Gasteiger partial charge in [0, 0.05) is 83.1 Å². The van der Waals surface area contributed by atoms with Crippen LogP contribution in [0.4, 0.5) is 0 Å². The molecule has 608 valence electrons. The van der Waals surface area contributed by atoms with Gasteiger partial charge in [0.1, 0.15) is 57.1 Å². The summed E-state index contributed by atoms with van der Waals surface area (Å²) in [6.45, 7) is 32.8. The molecule has 5 aromatic rings. The van der Waals surface area contributed by atoms with E-state index in [1.807, 2.05) is 62.4 Å². The second-order valence-electron chi connectivity index (χ2n) is 41.3. The van der Waals surface area contributed by atoms with Crippen LogP contribution in [0.2, 0.25) is 0 Å². The molecule has 19 rings (SSSR count). The van der Waals surface area contributed by atoms with Gasteiger partial charge in [0.2, 0.25) is 12.5 Å². The van der Waals surface area contributed by atoms with Crippen LogP contribution < -0.4 is 28.4 Å². The third-order valence-electron chi connectivity index (χ3n) is 35.0. The lowest BCUT2D eigenvalue weighted by atomic mass is 9.42. The van der Waals surface area contributed by atoms with Gasteiger partial charge >= 0.3 is 5.97 Å². The molecule has 4 saturated carbocycles. The number of phenols is 3. The van der Waals surface area contributed by atoms with Crippen LogP contribution >= 0.6 is 0 Å². The number of rotatable bonds is 10. The van der Waals surface area contributed by atoms with E-state index < -0.39 is 45.4 Å². The summed E-state index contributed by atoms with van der Waals surface area (Å²) in [5, 5.41) is 67.3. The molecule has 7 aliphatic heterocycles. The third kappa shape index (κ3) is 10.7. The molecule has 18 heteroatoms. The number of hydrogen-bond acceptors (Lipinski definition) is 14. The summed E-state index contributed by atoms with van der Waals surface area (Å²) in [6.07, 6.45) is 21.9. The number of hydrogen-bond donors (Lipinski definition) is 6. The number of methoxy groups -OCH3 is 3. The van der Waals surface area contributed by atoms with Gasteiger partial charge in [-0.1, -0.05) is 90.1 Å². The molecule has 6 N–H and O–H groups in total. The van der Waals surface area contributed by atoms with Gasteiger partial charge in [-0.2, -0.15) is 0 Å². The highest BCUT2D eigenvalue weighted by Gasteiger charge is 2.83. The number of nitrogens with zero attached hydrogens (tertiary/aromatic N) is 4. The first-order valence-corrected chi connectivity index (χ1v) is 42.3. The fourth-order valence-electron chi connectivity index (χ4n) is 27.1. The Morgan fingerprint density at radius 1 is 0.580 bits per heavy atom. The van der Waals surface area contributed by atoms with E-state index in [9.17, 15) is 35.4 Å². The van der Waals surface area contributed by atoms with Crippen molar-refractivity contribution in [2.24, 2.45) is 16.2 Å². The lowest BCUT2D eigenvalue weighted by Gasteiger charge is -2.70. The summed E-state index contributed by atoms with van der Waals surface area (Å²) < 4.78 is 44.5. The molecule has 14 aliphatic rings. The van der Waals surface area contributed by atoms with Crippen molar-refractivity contribution in [2.45, 2.75) is 266 Å². The van der Waals surface area contributed by atoms with Crippen molar-refractivity contribution in [3.8, 4) is 51.7 Å². The van der Waals surface area contributed by atoms with Gasteiger partial charge in [0.05, 0.1) is 113 Å². The number of piperidine rings is 3. The fourth-order valence-corrected chi connectivity index (χ4v) is 27.1. The van der Waals surface area contributed by atoms with E-state index in [2.05, 4.69) is 116 Å². The highest BCUT2D eigenvalue weighted by molar-refractivity contribution is 5.98. The summed E-state index contributed by atoms with van der Waals surface area (Å²) in [6, 6.07) is 21.9. The number of fused-ring (bicyclic) bond motifs is 8. The number of quaternary nitrogens is 4. The zero-order valence-corrected chi connectivity index (χ0v) is 71.0. The molecule has 7 fully saturated rings. The number of likely N-dealkylation sites (tertiary alicyclic amines) is 3. The molecular weight excluding hydrogens is 1410 g/mol. The molecule has 15 unspecified atom stereocenters. The number of cyclic esters (lactones) is 1. The quantitative estimate of drug-likeness (QED) is 0.0438. The average Bonchev–Trinajstić information content (AvgIpc) is 1.42. The maximum Gasteiger partial charge on any atom is 0.343 e. The predicted molar refractivity (Wildman–Crippen MR) is 433 cm³/mol. The molecular formula is C94H132N4O14+4. The number of carbonyl (C=O) groups is 1. The third-order valence-corrected chi connectivity index (χ3v) is 35.0. The van der Waals surface area contributed by atoms with Crippen molar-refractivity contribution >= 4 is 5.97 Å². The first kappa shape index (κ1) is 79.1. The van der Waals surface area contributed by atoms with Crippen LogP contribution in [0.15, 0.2) is 78.4 Å². The lowest BCUT2D eigenvalue weighted by Crippen LogP contribution is -2.86. The average molecular weight is 1540 g/mol. The molecule has 7 aliphatic carbocycles. The number of benzene rings is 5. The Morgan fingerprint density at radius 3 is 1.83 bits per heavy atom. The number of aromatic hydroxyl groups is 3. The summed E-state index contributed by atoms with van der Waals surface area (Å²) in [4.78, 5) is 13.1. The van der Waals surface area contributed by atoms with Crippen LogP contribution in [0, 0.1) is 16.2 Å². The molecule has 112 heavy (non-hydrogen) atoms. The van der Waals surface area contributed by atoms with Gasteiger partial charge < -0.3 is 81.7 Å². The van der Waals surface area contributed by atoms with E-state index >= 15 is 0 Å². The highest BCUT2D eigenvalue weighted by Crippen LogP contribution is 2.73. The zero-order valence-electron chi connectivity index (χ0n) is 71.0. The van der Waals surface area contributed by atoms with Crippen LogP contribution in [0.3, 0.4) is 0 Å². The fraction of sp³-hybridized carbons (Fsp3) is 0.649. The Labute approximate surface area is 666 Å². The summed E-state index contributed by atoms with van der Waals surface area (Å²) in [7, 11) is 16.2. The highest BCUT2D eigenvalue weighted by atomic mass is 16.7. The standard InChI is InChI=1S/C25H35NO4.C24H28NO7.C23H33NO2.C22H33NO/c1-21(8-5-9-21)15-26(4)13-12-24-19-16-6-7-17(27)20(19)30-23(24,3)22(2,28)10-11-25(24,29)18(26)14-16;1-24(22-14-7-8-15(27-4)19(28-5)17(14)23(26)32-22)18-13(9-10-25(24,2)3)11-16-20(21(18)29-6)31-12-30-16;1-21(8-5-9-21)16-24(2)13-12-22-10-3-4-11-23(22,26)20(24)14-17-6-7-18(25)15-19(17)22;1-16(2)10-12-23(7)13-11-21(5)19-14-18(24)9-8-17(19)15-22(23,6)20(21,3)4/h6-7,18,28-29H,5,8-15H2,1-4H3;7-8,11,22H,9-10,12H2,1-6H3;6-7,15,20,26H,3-5,8-14,16H2,1-2H3;8-10,14H,11-13,15H2,1-7H3/q;+1;;/p+3. The van der Waals surface area contributed by atoms with E-state index in [1.54, 1.807) is 20.3 Å². The van der Waals surface area contributed by atoms with Crippen LogP contribution in [0.1, 0.15) is 239 Å². The van der Waals surface area contributed by atoms with Crippen molar-refractivity contribution < 1.29 is 86.5 Å². The number of esters is 1. The Kier molecular flexibility index (Phi) is 18.3. The predicted octanol–water partition coefficient (Wildman–Crippen LogP) is 14.9. The number of phenolic OH excluding ortho intramolecular Hbond substituents is 3. The monoisotopic (exact) mass is 1540 g/mol. The zero-order chi connectivity index (χ0) is 80.4. The van der Waals surface area contributed by atoms with Crippen molar-refractivity contribution in [1.82, 2.24) is 0 Å². The molecule has 15 atom stereocenters. The molecule has 3 saturated heterocycles. The minimum atomic E-state index is -1.08. The number of aliphatic hydroxyl groups is 3. The van der Waals surface area contributed by atoms with Gasteiger partial charge in [-0.15, -0.1) is 0 Å². The van der Waals surface area contributed by atoms with Crippen LogP contribution in [-0.4, -0.2) is 204 Å². The first-order chi connectivity index (χ1) is 52.5. The summed E-state index contributed by atoms with van der Waals surface area (Å²) in [5.74, 6) is 3.75. The molecule has 7 heterocycles. The molecule has 18 nitrogen and oxygen atoms in total. The van der Waals surface area contributed by atoms with E-state index in [4.69, 9.17) is 33.2 Å². The van der Waals surface area contributed by atoms with Gasteiger partial charge in [-0.25, -0.2) is 4.79 Å². The number of likely N-dealkylation sites (N-methyl/N-ethyl adjacent to an activating group) is 4. The van der Waals surface area contributed by atoms with Crippen molar-refractivity contribution in [2.75, 3.05) is 109 Å². The SMILES string of the molecule is CC(C)=CC[N+]1(C)CCC2(C)c3cc(O)ccc3CC1(C)C2(C)C.CC1(C[N+]2(C)CCC34CCCCC3(O)C2Cc2ccc(O)cc24)CCC1.CC1(C[N+]2(C)CCC34c5c6ccc(O)c5OC3(C)C(C)(O)CCC4(O)C2C6)CCC1.COc1ccc2c(c1OC)C(=O)OC2C1(C)c2c(cc3c(c2OC)OCO3)CC[N+]1(C)C. The van der Waals surface area contributed by atoms with Crippen molar-refractivity contribution in [3.05, 3.63) is 134 Å². The van der Waals surface area contributed by atoms with Crippen LogP contribution in [0.5, 0.6) is 51.7 Å². The summed E-state index contributed by atoms with van der Waals surface area (Å²) >= 11 is 0. The van der Waals surface area contributed by atoms with Gasteiger partial charge in [0.15, 0.2) is 46.1 Å². The second kappa shape index (κ2) is 25.9. The minimum absolute atomic E-state index is 0.0747. The topological polar surface area (TPSA) is 203 Å². The van der Waals surface area contributed by atoms with Crippen molar-refractivity contribution in [1.29, 1.82) is 0 Å². The van der Waals surface area contributed by atoms with Crippen LogP contribution in [-0.2, 0) is 52.2 Å². The lowest BCUT2D eigenvalue weighted by molar-refractivity contribution is -0.969. The Morgan fingerprint density at radius 2 is 1.20 bits per heavy atom. The molecule has 0 amide bonds. The maximum absolute atomic E-state index is 13.1. The first-order valence-electron chi connectivity index (χ1n) is 42.3. The van der Waals surface area contributed by atoms with Gasteiger partial charge in [-0.3, -0.25) is 0 Å². The van der Waals surface area contributed by atoms with Crippen LogP contribution in [0.25, 0.3) is 0 Å². The molecule has 6 bridgehead atoms. The largest absolute Gasteiger partial charge is 0.508 e.